The predicted octanol–water partition coefficient (Wildman–Crippen LogP) is 4.23. The van der Waals surface area contributed by atoms with Crippen LogP contribution in [0.15, 0.2) is 36.5 Å². The van der Waals surface area contributed by atoms with Gasteiger partial charge in [-0.1, -0.05) is 39.0 Å². The summed E-state index contributed by atoms with van der Waals surface area (Å²) in [5, 5.41) is 9.65. The van der Waals surface area contributed by atoms with E-state index in [1.54, 1.807) is 0 Å². The molecule has 102 valence electrons. The summed E-state index contributed by atoms with van der Waals surface area (Å²) >= 11 is 0. The van der Waals surface area contributed by atoms with E-state index >= 15 is 0 Å². The van der Waals surface area contributed by atoms with E-state index in [2.05, 4.69) is 60.2 Å². The Balaban J connectivity index is 2.21. The van der Waals surface area contributed by atoms with Crippen LogP contribution in [0, 0.1) is 6.92 Å². The van der Waals surface area contributed by atoms with E-state index in [0.29, 0.717) is 0 Å². The SMILES string of the molecule is Cc1cc(-c2nccc3cc(C(C)(C)C)ccc23)n[nH]1. The van der Waals surface area contributed by atoms with Crippen LogP contribution in [0.2, 0.25) is 0 Å². The van der Waals surface area contributed by atoms with Crippen molar-refractivity contribution in [3.8, 4) is 11.4 Å². The van der Waals surface area contributed by atoms with Crippen molar-refractivity contribution in [2.24, 2.45) is 0 Å². The Bertz CT molecular complexity index is 763. The Morgan fingerprint density at radius 3 is 2.50 bits per heavy atom. The van der Waals surface area contributed by atoms with E-state index in [0.717, 1.165) is 22.5 Å². The first-order valence-electron chi connectivity index (χ1n) is 6.87. The monoisotopic (exact) mass is 265 g/mol. The molecular formula is C17H19N3. The zero-order valence-corrected chi connectivity index (χ0v) is 12.4. The van der Waals surface area contributed by atoms with Crippen LogP contribution in [0.3, 0.4) is 0 Å². The number of nitrogens with one attached hydrogen (secondary N) is 1. The van der Waals surface area contributed by atoms with Gasteiger partial charge in [0, 0.05) is 17.3 Å². The molecule has 2 aromatic heterocycles. The molecule has 0 atom stereocenters. The summed E-state index contributed by atoms with van der Waals surface area (Å²) < 4.78 is 0. The summed E-state index contributed by atoms with van der Waals surface area (Å²) in [6.07, 6.45) is 1.86. The van der Waals surface area contributed by atoms with Crippen molar-refractivity contribution in [2.45, 2.75) is 33.1 Å². The van der Waals surface area contributed by atoms with Gasteiger partial charge < -0.3 is 0 Å². The number of pyridine rings is 1. The maximum absolute atomic E-state index is 4.50. The number of aromatic amines is 1. The molecule has 0 fully saturated rings. The molecule has 0 bridgehead atoms. The average molecular weight is 265 g/mol. The van der Waals surface area contributed by atoms with E-state index in [4.69, 9.17) is 0 Å². The lowest BCUT2D eigenvalue weighted by Gasteiger charge is -2.19. The maximum Gasteiger partial charge on any atom is 0.111 e. The van der Waals surface area contributed by atoms with Gasteiger partial charge in [0.2, 0.25) is 0 Å². The summed E-state index contributed by atoms with van der Waals surface area (Å²) in [6, 6.07) is 10.7. The van der Waals surface area contributed by atoms with Gasteiger partial charge >= 0.3 is 0 Å². The van der Waals surface area contributed by atoms with E-state index in [-0.39, 0.29) is 5.41 Å². The molecular weight excluding hydrogens is 246 g/mol. The van der Waals surface area contributed by atoms with Crippen molar-refractivity contribution in [1.82, 2.24) is 15.2 Å². The standard InChI is InChI=1S/C17H19N3/c1-11-9-15(20-19-11)16-14-6-5-13(17(2,3)4)10-12(14)7-8-18-16/h5-10H,1-4H3,(H,19,20). The molecule has 2 heterocycles. The number of fused-ring (bicyclic) bond motifs is 1. The lowest BCUT2D eigenvalue weighted by Crippen LogP contribution is -2.10. The van der Waals surface area contributed by atoms with Crippen LogP contribution in [0.4, 0.5) is 0 Å². The van der Waals surface area contributed by atoms with Gasteiger partial charge in [0.1, 0.15) is 5.69 Å². The Morgan fingerprint density at radius 2 is 1.85 bits per heavy atom. The number of aromatic nitrogens is 3. The second-order valence-electron chi connectivity index (χ2n) is 6.28. The van der Waals surface area contributed by atoms with Crippen LogP contribution in [0.5, 0.6) is 0 Å². The number of H-pyrrole nitrogens is 1. The Hall–Kier alpha value is -2.16. The quantitative estimate of drug-likeness (QED) is 0.715. The number of hydrogen-bond donors (Lipinski definition) is 1. The van der Waals surface area contributed by atoms with Gasteiger partial charge in [-0.25, -0.2) is 0 Å². The van der Waals surface area contributed by atoms with E-state index < -0.39 is 0 Å². The van der Waals surface area contributed by atoms with Gasteiger partial charge in [-0.3, -0.25) is 10.1 Å². The van der Waals surface area contributed by atoms with Crippen LogP contribution in [-0.2, 0) is 5.41 Å². The van der Waals surface area contributed by atoms with Gasteiger partial charge in [-0.15, -0.1) is 0 Å². The summed E-state index contributed by atoms with van der Waals surface area (Å²) in [4.78, 5) is 4.50. The topological polar surface area (TPSA) is 41.6 Å². The maximum atomic E-state index is 4.50. The van der Waals surface area contributed by atoms with Crippen molar-refractivity contribution >= 4 is 10.8 Å². The highest BCUT2D eigenvalue weighted by molar-refractivity contribution is 5.94. The van der Waals surface area contributed by atoms with E-state index in [9.17, 15) is 0 Å². The number of benzene rings is 1. The molecule has 0 saturated carbocycles. The first kappa shape index (κ1) is 12.9. The Kier molecular flexibility index (Phi) is 2.85. The fourth-order valence-electron chi connectivity index (χ4n) is 2.39. The molecule has 0 aliphatic rings. The smallest absolute Gasteiger partial charge is 0.111 e. The Morgan fingerprint density at radius 1 is 1.05 bits per heavy atom. The molecule has 3 heteroatoms. The molecule has 0 saturated heterocycles. The highest BCUT2D eigenvalue weighted by Gasteiger charge is 2.15. The molecule has 0 spiro atoms. The predicted molar refractivity (Wildman–Crippen MR) is 82.8 cm³/mol. The van der Waals surface area contributed by atoms with Crippen molar-refractivity contribution in [3.05, 3.63) is 47.8 Å². The summed E-state index contributed by atoms with van der Waals surface area (Å²) in [5.41, 5.74) is 4.37. The second-order valence-corrected chi connectivity index (χ2v) is 6.28. The largest absolute Gasteiger partial charge is 0.282 e. The molecule has 0 unspecified atom stereocenters. The van der Waals surface area contributed by atoms with Crippen LogP contribution in [-0.4, -0.2) is 15.2 Å². The van der Waals surface area contributed by atoms with Gasteiger partial charge in [-0.05, 0) is 35.4 Å². The molecule has 0 aliphatic heterocycles. The molecule has 3 nitrogen and oxygen atoms in total. The number of nitrogens with zero attached hydrogens (tertiary/aromatic N) is 2. The number of aryl methyl sites for hydroxylation is 1. The minimum absolute atomic E-state index is 0.153. The fraction of sp³-hybridized carbons (Fsp3) is 0.294. The lowest BCUT2D eigenvalue weighted by atomic mass is 9.86. The molecule has 20 heavy (non-hydrogen) atoms. The lowest BCUT2D eigenvalue weighted by molar-refractivity contribution is 0.591. The normalized spacial score (nSPS) is 12.0. The fourth-order valence-corrected chi connectivity index (χ4v) is 2.39. The van der Waals surface area contributed by atoms with Crippen molar-refractivity contribution in [3.63, 3.8) is 0 Å². The molecule has 0 amide bonds. The van der Waals surface area contributed by atoms with Crippen LogP contribution in [0.1, 0.15) is 32.0 Å². The van der Waals surface area contributed by atoms with E-state index in [1.807, 2.05) is 19.2 Å². The zero-order valence-electron chi connectivity index (χ0n) is 12.4. The van der Waals surface area contributed by atoms with Crippen LogP contribution in [0.25, 0.3) is 22.2 Å². The van der Waals surface area contributed by atoms with Crippen molar-refractivity contribution in [1.29, 1.82) is 0 Å². The minimum Gasteiger partial charge on any atom is -0.282 e. The average Bonchev–Trinajstić information content (AvgIpc) is 2.83. The number of rotatable bonds is 1. The summed E-state index contributed by atoms with van der Waals surface area (Å²) in [7, 11) is 0. The molecule has 0 radical (unpaired) electrons. The highest BCUT2D eigenvalue weighted by atomic mass is 15.1. The molecule has 0 aliphatic carbocycles. The summed E-state index contributed by atoms with van der Waals surface area (Å²) in [5.74, 6) is 0. The van der Waals surface area contributed by atoms with E-state index in [1.165, 1.54) is 10.9 Å². The zero-order chi connectivity index (χ0) is 14.3. The molecule has 1 N–H and O–H groups in total. The second kappa shape index (κ2) is 4.44. The van der Waals surface area contributed by atoms with Gasteiger partial charge in [0.05, 0.1) is 5.69 Å². The third kappa shape index (κ3) is 2.20. The third-order valence-corrected chi connectivity index (χ3v) is 3.58. The molecule has 1 aromatic carbocycles. The minimum atomic E-state index is 0.153. The molecule has 3 rings (SSSR count). The third-order valence-electron chi connectivity index (χ3n) is 3.58. The van der Waals surface area contributed by atoms with Crippen molar-refractivity contribution < 1.29 is 0 Å². The first-order valence-corrected chi connectivity index (χ1v) is 6.87. The van der Waals surface area contributed by atoms with Gasteiger partial charge in [-0.2, -0.15) is 5.10 Å². The highest BCUT2D eigenvalue weighted by Crippen LogP contribution is 2.30. The van der Waals surface area contributed by atoms with Crippen molar-refractivity contribution in [2.75, 3.05) is 0 Å². The van der Waals surface area contributed by atoms with Gasteiger partial charge in [0.25, 0.3) is 0 Å². The Labute approximate surface area is 119 Å². The first-order chi connectivity index (χ1) is 9.45. The molecule has 3 aromatic rings. The number of hydrogen-bond acceptors (Lipinski definition) is 2. The van der Waals surface area contributed by atoms with Crippen LogP contribution >= 0.6 is 0 Å². The van der Waals surface area contributed by atoms with Gasteiger partial charge in [0.15, 0.2) is 0 Å². The van der Waals surface area contributed by atoms with Crippen LogP contribution < -0.4 is 0 Å². The summed E-state index contributed by atoms with van der Waals surface area (Å²) in [6.45, 7) is 8.69.